The van der Waals surface area contributed by atoms with Gasteiger partial charge < -0.3 is 9.30 Å². The molecule has 0 saturated carbocycles. The standard InChI is InChI=1S/C22H23N3O2S/c1-14(20(26)18-8-7-15-5-4-6-17(15)13-18)28-22-24-23-21(25(22)2)16-9-11-19(27-3)12-10-16/h7-14H,4-6H2,1-3H3. The Labute approximate surface area is 169 Å². The number of hydrogen-bond acceptors (Lipinski definition) is 5. The van der Waals surface area contributed by atoms with Crippen LogP contribution < -0.4 is 4.74 Å². The molecule has 3 aromatic rings. The highest BCUT2D eigenvalue weighted by atomic mass is 32.2. The molecule has 5 nitrogen and oxygen atoms in total. The lowest BCUT2D eigenvalue weighted by atomic mass is 10.0. The van der Waals surface area contributed by atoms with Crippen molar-refractivity contribution in [2.24, 2.45) is 7.05 Å². The van der Waals surface area contributed by atoms with Crippen molar-refractivity contribution in [3.05, 3.63) is 59.2 Å². The SMILES string of the molecule is COc1ccc(-c2nnc(SC(C)C(=O)c3ccc4c(c3)CCC4)n2C)cc1. The molecule has 1 aliphatic rings. The molecule has 0 radical (unpaired) electrons. The van der Waals surface area contributed by atoms with Gasteiger partial charge in [-0.25, -0.2) is 0 Å². The van der Waals surface area contributed by atoms with Crippen molar-refractivity contribution in [2.45, 2.75) is 36.6 Å². The first-order chi connectivity index (χ1) is 13.6. The van der Waals surface area contributed by atoms with Crippen molar-refractivity contribution >= 4 is 17.5 Å². The van der Waals surface area contributed by atoms with E-state index in [1.165, 1.54) is 29.3 Å². The molecule has 0 fully saturated rings. The fraction of sp³-hybridized carbons (Fsp3) is 0.318. The highest BCUT2D eigenvalue weighted by Gasteiger charge is 2.22. The Kier molecular flexibility index (Phi) is 5.22. The van der Waals surface area contributed by atoms with Crippen molar-refractivity contribution < 1.29 is 9.53 Å². The number of rotatable bonds is 6. The van der Waals surface area contributed by atoms with Crippen LogP contribution in [0.25, 0.3) is 11.4 Å². The highest BCUT2D eigenvalue weighted by molar-refractivity contribution is 8.00. The number of thioether (sulfide) groups is 1. The first-order valence-corrected chi connectivity index (χ1v) is 10.3. The summed E-state index contributed by atoms with van der Waals surface area (Å²) in [5, 5.41) is 9.11. The zero-order chi connectivity index (χ0) is 19.7. The maximum absolute atomic E-state index is 12.9. The van der Waals surface area contributed by atoms with Crippen LogP contribution in [0.3, 0.4) is 0 Å². The van der Waals surface area contributed by atoms with Crippen LogP contribution in [0.1, 0.15) is 34.8 Å². The molecule has 0 aliphatic heterocycles. The molecule has 1 heterocycles. The zero-order valence-electron chi connectivity index (χ0n) is 16.3. The van der Waals surface area contributed by atoms with Gasteiger partial charge in [-0.3, -0.25) is 4.79 Å². The largest absolute Gasteiger partial charge is 0.497 e. The van der Waals surface area contributed by atoms with Gasteiger partial charge in [-0.15, -0.1) is 10.2 Å². The van der Waals surface area contributed by atoms with Gasteiger partial charge in [-0.2, -0.15) is 0 Å². The van der Waals surface area contributed by atoms with E-state index in [0.717, 1.165) is 40.7 Å². The molecule has 0 amide bonds. The number of ketones is 1. The third-order valence-electron chi connectivity index (χ3n) is 5.22. The third kappa shape index (κ3) is 3.56. The van der Waals surface area contributed by atoms with E-state index < -0.39 is 0 Å². The summed E-state index contributed by atoms with van der Waals surface area (Å²) in [6.45, 7) is 1.93. The average molecular weight is 394 g/mol. The lowest BCUT2D eigenvalue weighted by molar-refractivity contribution is 0.0993. The van der Waals surface area contributed by atoms with Crippen LogP contribution in [0.4, 0.5) is 0 Å². The van der Waals surface area contributed by atoms with Gasteiger partial charge in [0.15, 0.2) is 16.8 Å². The summed E-state index contributed by atoms with van der Waals surface area (Å²) in [6.07, 6.45) is 3.39. The molecule has 1 aliphatic carbocycles. The number of aromatic nitrogens is 3. The van der Waals surface area contributed by atoms with Gasteiger partial charge in [-0.1, -0.05) is 23.9 Å². The normalized spacial score (nSPS) is 14.0. The number of carbonyl (C=O) groups excluding carboxylic acids is 1. The van der Waals surface area contributed by atoms with Gasteiger partial charge in [0.25, 0.3) is 0 Å². The van der Waals surface area contributed by atoms with Gasteiger partial charge in [0, 0.05) is 18.2 Å². The number of methoxy groups -OCH3 is 1. The molecule has 4 rings (SSSR count). The van der Waals surface area contributed by atoms with Crippen LogP contribution >= 0.6 is 11.8 Å². The fourth-order valence-electron chi connectivity index (χ4n) is 3.58. The maximum Gasteiger partial charge on any atom is 0.191 e. The van der Waals surface area contributed by atoms with E-state index in [0.29, 0.717) is 0 Å². The lowest BCUT2D eigenvalue weighted by Gasteiger charge is -2.11. The molecule has 1 unspecified atom stereocenters. The second kappa shape index (κ2) is 7.80. The minimum atomic E-state index is -0.230. The summed E-state index contributed by atoms with van der Waals surface area (Å²) >= 11 is 1.44. The number of ether oxygens (including phenoxy) is 1. The molecule has 0 spiro atoms. The Bertz CT molecular complexity index is 1010. The fourth-order valence-corrected chi connectivity index (χ4v) is 4.47. The Hall–Kier alpha value is -2.60. The Balaban J connectivity index is 1.50. The number of Topliss-reactive ketones (excluding diaryl/α,β-unsaturated/α-hetero) is 1. The summed E-state index contributed by atoms with van der Waals surface area (Å²) in [6, 6.07) is 13.8. The van der Waals surface area contributed by atoms with E-state index in [9.17, 15) is 4.79 Å². The molecule has 144 valence electrons. The van der Waals surface area contributed by atoms with E-state index in [2.05, 4.69) is 22.3 Å². The van der Waals surface area contributed by atoms with Crippen molar-refractivity contribution in [3.8, 4) is 17.1 Å². The predicted octanol–water partition coefficient (Wildman–Crippen LogP) is 4.34. The van der Waals surface area contributed by atoms with Gasteiger partial charge in [-0.05, 0) is 67.6 Å². The first-order valence-electron chi connectivity index (χ1n) is 9.43. The predicted molar refractivity (Wildman–Crippen MR) is 111 cm³/mol. The average Bonchev–Trinajstić information content (AvgIpc) is 3.34. The molecule has 6 heteroatoms. The van der Waals surface area contributed by atoms with E-state index in [4.69, 9.17) is 4.74 Å². The molecule has 0 N–H and O–H groups in total. The van der Waals surface area contributed by atoms with Crippen LogP contribution in [0.15, 0.2) is 47.6 Å². The summed E-state index contributed by atoms with van der Waals surface area (Å²) < 4.78 is 7.13. The second-order valence-corrected chi connectivity index (χ2v) is 8.36. The molecular weight excluding hydrogens is 370 g/mol. The topological polar surface area (TPSA) is 57.0 Å². The van der Waals surface area contributed by atoms with Crippen molar-refractivity contribution in [2.75, 3.05) is 7.11 Å². The van der Waals surface area contributed by atoms with Crippen molar-refractivity contribution in [3.63, 3.8) is 0 Å². The minimum absolute atomic E-state index is 0.133. The van der Waals surface area contributed by atoms with Gasteiger partial charge in [0.2, 0.25) is 0 Å². The van der Waals surface area contributed by atoms with Crippen molar-refractivity contribution in [1.29, 1.82) is 0 Å². The molecule has 2 aromatic carbocycles. The number of benzene rings is 2. The van der Waals surface area contributed by atoms with Crippen LogP contribution in [0.2, 0.25) is 0 Å². The Morgan fingerprint density at radius 3 is 2.61 bits per heavy atom. The number of carbonyl (C=O) groups is 1. The summed E-state index contributed by atoms with van der Waals surface area (Å²) in [7, 11) is 3.57. The quantitative estimate of drug-likeness (QED) is 0.460. The van der Waals surface area contributed by atoms with E-state index in [-0.39, 0.29) is 11.0 Å². The molecule has 0 bridgehead atoms. The van der Waals surface area contributed by atoms with Gasteiger partial charge >= 0.3 is 0 Å². The maximum atomic E-state index is 12.9. The van der Waals surface area contributed by atoms with Crippen molar-refractivity contribution in [1.82, 2.24) is 14.8 Å². The lowest BCUT2D eigenvalue weighted by Crippen LogP contribution is -2.14. The van der Waals surface area contributed by atoms with E-state index in [1.54, 1.807) is 7.11 Å². The van der Waals surface area contributed by atoms with Crippen LogP contribution in [-0.4, -0.2) is 32.9 Å². The first kappa shape index (κ1) is 18.7. The second-order valence-electron chi connectivity index (χ2n) is 7.06. The van der Waals surface area contributed by atoms with E-state index in [1.807, 2.05) is 48.9 Å². The number of nitrogens with zero attached hydrogens (tertiary/aromatic N) is 3. The molecule has 0 saturated heterocycles. The zero-order valence-corrected chi connectivity index (χ0v) is 17.1. The summed E-state index contributed by atoms with van der Waals surface area (Å²) in [5.41, 5.74) is 4.45. The minimum Gasteiger partial charge on any atom is -0.497 e. The van der Waals surface area contributed by atoms with Gasteiger partial charge in [0.1, 0.15) is 5.75 Å². The molecular formula is C22H23N3O2S. The number of aryl methyl sites for hydroxylation is 2. The molecule has 28 heavy (non-hydrogen) atoms. The summed E-state index contributed by atoms with van der Waals surface area (Å²) in [4.78, 5) is 12.9. The van der Waals surface area contributed by atoms with E-state index >= 15 is 0 Å². The number of hydrogen-bond donors (Lipinski definition) is 0. The third-order valence-corrected chi connectivity index (χ3v) is 6.35. The number of fused-ring (bicyclic) bond motifs is 1. The van der Waals surface area contributed by atoms with Crippen LogP contribution in [0, 0.1) is 0 Å². The Morgan fingerprint density at radius 1 is 1.11 bits per heavy atom. The van der Waals surface area contributed by atoms with Gasteiger partial charge in [0.05, 0.1) is 12.4 Å². The monoisotopic (exact) mass is 393 g/mol. The highest BCUT2D eigenvalue weighted by Crippen LogP contribution is 2.29. The molecule has 1 aromatic heterocycles. The Morgan fingerprint density at radius 2 is 1.86 bits per heavy atom. The van der Waals surface area contributed by atoms with Crippen LogP contribution in [0.5, 0.6) is 5.75 Å². The van der Waals surface area contributed by atoms with Crippen LogP contribution in [-0.2, 0) is 19.9 Å². The smallest absolute Gasteiger partial charge is 0.191 e. The summed E-state index contributed by atoms with van der Waals surface area (Å²) in [5.74, 6) is 1.70. The molecule has 1 atom stereocenters.